The lowest BCUT2D eigenvalue weighted by atomic mass is 9.85. The molecule has 0 atom stereocenters. The predicted molar refractivity (Wildman–Crippen MR) is 83.0 cm³/mol. The SMILES string of the molecule is C=CCNS(=O)(=O)c1cc(C)c2c(c1)C(C)(C)C(=O)N2C. The maximum atomic E-state index is 12.3. The number of carbonyl (C=O) groups excluding carboxylic acids is 1. The molecular weight excluding hydrogens is 288 g/mol. The van der Waals surface area contributed by atoms with Gasteiger partial charge in [-0.2, -0.15) is 0 Å². The van der Waals surface area contributed by atoms with E-state index in [1.54, 1.807) is 24.1 Å². The molecule has 1 aliphatic heterocycles. The number of hydrogen-bond acceptors (Lipinski definition) is 3. The largest absolute Gasteiger partial charge is 0.314 e. The highest BCUT2D eigenvalue weighted by Gasteiger charge is 2.43. The van der Waals surface area contributed by atoms with Crippen LogP contribution in [0.2, 0.25) is 0 Å². The van der Waals surface area contributed by atoms with E-state index >= 15 is 0 Å². The van der Waals surface area contributed by atoms with E-state index in [0.29, 0.717) is 0 Å². The van der Waals surface area contributed by atoms with Gasteiger partial charge in [-0.15, -0.1) is 6.58 Å². The Morgan fingerprint density at radius 2 is 2.00 bits per heavy atom. The molecular formula is C15H20N2O3S. The Hall–Kier alpha value is -1.66. The van der Waals surface area contributed by atoms with Gasteiger partial charge in [-0.3, -0.25) is 4.79 Å². The number of nitrogens with zero attached hydrogens (tertiary/aromatic N) is 1. The Kier molecular flexibility index (Phi) is 3.71. The van der Waals surface area contributed by atoms with Gasteiger partial charge < -0.3 is 4.90 Å². The van der Waals surface area contributed by atoms with Crippen LogP contribution < -0.4 is 9.62 Å². The van der Waals surface area contributed by atoms with E-state index in [1.165, 1.54) is 6.08 Å². The Morgan fingerprint density at radius 3 is 2.57 bits per heavy atom. The zero-order valence-corrected chi connectivity index (χ0v) is 13.5. The molecule has 0 aromatic heterocycles. The lowest BCUT2D eigenvalue weighted by molar-refractivity contribution is -0.121. The summed E-state index contributed by atoms with van der Waals surface area (Å²) >= 11 is 0. The fourth-order valence-electron chi connectivity index (χ4n) is 2.71. The third kappa shape index (κ3) is 2.38. The molecule has 1 aliphatic rings. The van der Waals surface area contributed by atoms with Crippen molar-refractivity contribution in [2.75, 3.05) is 18.5 Å². The Bertz CT molecular complexity index is 721. The molecule has 0 bridgehead atoms. The Morgan fingerprint density at radius 1 is 1.38 bits per heavy atom. The van der Waals surface area contributed by atoms with E-state index < -0.39 is 15.4 Å². The first-order valence-electron chi connectivity index (χ1n) is 6.66. The zero-order valence-electron chi connectivity index (χ0n) is 12.7. The van der Waals surface area contributed by atoms with Crippen LogP contribution in [0.15, 0.2) is 29.7 Å². The quantitative estimate of drug-likeness (QED) is 0.861. The minimum atomic E-state index is -3.60. The first kappa shape index (κ1) is 15.7. The number of likely N-dealkylation sites (N-methyl/N-ethyl adjacent to an activating group) is 1. The molecule has 0 unspecified atom stereocenters. The van der Waals surface area contributed by atoms with Crippen molar-refractivity contribution in [2.24, 2.45) is 0 Å². The van der Waals surface area contributed by atoms with Gasteiger partial charge in [-0.05, 0) is 44.0 Å². The molecule has 0 spiro atoms. The maximum absolute atomic E-state index is 12.3. The molecule has 21 heavy (non-hydrogen) atoms. The van der Waals surface area contributed by atoms with Crippen molar-refractivity contribution in [3.63, 3.8) is 0 Å². The summed E-state index contributed by atoms with van der Waals surface area (Å²) in [6, 6.07) is 3.19. The summed E-state index contributed by atoms with van der Waals surface area (Å²) in [5.41, 5.74) is 1.59. The van der Waals surface area contributed by atoms with Crippen LogP contribution in [-0.2, 0) is 20.2 Å². The molecule has 0 fully saturated rings. The van der Waals surface area contributed by atoms with Gasteiger partial charge in [0.15, 0.2) is 0 Å². The van der Waals surface area contributed by atoms with Crippen LogP contribution in [0.3, 0.4) is 0 Å². The average Bonchev–Trinajstić information content (AvgIpc) is 2.58. The summed E-state index contributed by atoms with van der Waals surface area (Å²) in [5, 5.41) is 0. The number of rotatable bonds is 4. The van der Waals surface area contributed by atoms with Gasteiger partial charge in [0.05, 0.1) is 16.0 Å². The van der Waals surface area contributed by atoms with Gasteiger partial charge in [-0.1, -0.05) is 6.08 Å². The number of fused-ring (bicyclic) bond motifs is 1. The predicted octanol–water partition coefficient (Wildman–Crippen LogP) is 1.71. The highest BCUT2D eigenvalue weighted by molar-refractivity contribution is 7.89. The second kappa shape index (κ2) is 4.96. The van der Waals surface area contributed by atoms with E-state index in [2.05, 4.69) is 11.3 Å². The van der Waals surface area contributed by atoms with Crippen LogP contribution in [0.25, 0.3) is 0 Å². The standard InChI is InChI=1S/C15H20N2O3S/c1-6-7-16-21(19,20)11-8-10(2)13-12(9-11)15(3,4)14(18)17(13)5/h6,8-9,16H,1,7H2,2-5H3. The van der Waals surface area contributed by atoms with Gasteiger partial charge >= 0.3 is 0 Å². The summed E-state index contributed by atoms with van der Waals surface area (Å²) in [4.78, 5) is 14.1. The lowest BCUT2D eigenvalue weighted by Crippen LogP contribution is -2.33. The molecule has 1 heterocycles. The van der Waals surface area contributed by atoms with E-state index in [0.717, 1.165) is 16.8 Å². The number of carbonyl (C=O) groups is 1. The van der Waals surface area contributed by atoms with Crippen molar-refractivity contribution in [2.45, 2.75) is 31.1 Å². The van der Waals surface area contributed by atoms with Crippen LogP contribution in [0.1, 0.15) is 25.0 Å². The topological polar surface area (TPSA) is 66.5 Å². The summed E-state index contributed by atoms with van der Waals surface area (Å²) in [6.45, 7) is 9.10. The molecule has 0 saturated carbocycles. The van der Waals surface area contributed by atoms with Crippen LogP contribution in [0, 0.1) is 6.92 Å². The second-order valence-corrected chi connectivity index (χ2v) is 7.53. The van der Waals surface area contributed by atoms with Gasteiger partial charge in [0.1, 0.15) is 0 Å². The smallest absolute Gasteiger partial charge is 0.240 e. The fraction of sp³-hybridized carbons (Fsp3) is 0.400. The second-order valence-electron chi connectivity index (χ2n) is 5.77. The fourth-order valence-corrected chi connectivity index (χ4v) is 3.82. The van der Waals surface area contributed by atoms with Crippen LogP contribution >= 0.6 is 0 Å². The number of amides is 1. The molecule has 0 aliphatic carbocycles. The molecule has 1 aromatic rings. The van der Waals surface area contributed by atoms with E-state index in [1.807, 2.05) is 20.8 Å². The molecule has 1 amide bonds. The number of benzene rings is 1. The van der Waals surface area contributed by atoms with Crippen molar-refractivity contribution in [3.05, 3.63) is 35.9 Å². The van der Waals surface area contributed by atoms with E-state index in [9.17, 15) is 13.2 Å². The average molecular weight is 308 g/mol. The molecule has 1 N–H and O–H groups in total. The van der Waals surface area contributed by atoms with Crippen molar-refractivity contribution in [1.82, 2.24) is 4.72 Å². The van der Waals surface area contributed by atoms with Crippen LogP contribution in [-0.4, -0.2) is 27.9 Å². The van der Waals surface area contributed by atoms with Crippen molar-refractivity contribution in [3.8, 4) is 0 Å². The van der Waals surface area contributed by atoms with Crippen molar-refractivity contribution >= 4 is 21.6 Å². The number of aryl methyl sites for hydroxylation is 1. The third-order valence-corrected chi connectivity index (χ3v) is 5.25. The number of anilines is 1. The van der Waals surface area contributed by atoms with Gasteiger partial charge in [-0.25, -0.2) is 13.1 Å². The maximum Gasteiger partial charge on any atom is 0.240 e. The molecule has 114 valence electrons. The molecule has 0 radical (unpaired) electrons. The summed E-state index contributed by atoms with van der Waals surface area (Å²) in [6.07, 6.45) is 1.49. The summed E-state index contributed by atoms with van der Waals surface area (Å²) in [5.74, 6) is -0.0331. The van der Waals surface area contributed by atoms with Crippen LogP contribution in [0.4, 0.5) is 5.69 Å². The first-order chi connectivity index (χ1) is 9.63. The lowest BCUT2D eigenvalue weighted by Gasteiger charge is -2.17. The monoisotopic (exact) mass is 308 g/mol. The normalized spacial score (nSPS) is 17.0. The number of nitrogens with one attached hydrogen (secondary N) is 1. The minimum absolute atomic E-state index is 0.0331. The first-order valence-corrected chi connectivity index (χ1v) is 8.15. The zero-order chi connectivity index (χ0) is 16.0. The highest BCUT2D eigenvalue weighted by atomic mass is 32.2. The summed E-state index contributed by atoms with van der Waals surface area (Å²) < 4.78 is 27.0. The molecule has 5 nitrogen and oxygen atoms in total. The van der Waals surface area contributed by atoms with Gasteiger partial charge in [0.2, 0.25) is 15.9 Å². The van der Waals surface area contributed by atoms with Gasteiger partial charge in [0.25, 0.3) is 0 Å². The molecule has 6 heteroatoms. The highest BCUT2D eigenvalue weighted by Crippen LogP contribution is 2.43. The Balaban J connectivity index is 2.63. The molecule has 2 rings (SSSR count). The van der Waals surface area contributed by atoms with Crippen LogP contribution in [0.5, 0.6) is 0 Å². The Labute approximate surface area is 125 Å². The van der Waals surface area contributed by atoms with Crippen molar-refractivity contribution in [1.29, 1.82) is 0 Å². The van der Waals surface area contributed by atoms with E-state index in [4.69, 9.17) is 0 Å². The molecule has 1 aromatic carbocycles. The van der Waals surface area contributed by atoms with Gasteiger partial charge in [0, 0.05) is 13.6 Å². The number of sulfonamides is 1. The summed E-state index contributed by atoms with van der Waals surface area (Å²) in [7, 11) is -1.89. The third-order valence-electron chi connectivity index (χ3n) is 3.85. The van der Waals surface area contributed by atoms with E-state index in [-0.39, 0.29) is 17.3 Å². The molecule has 0 saturated heterocycles. The minimum Gasteiger partial charge on any atom is -0.314 e. The van der Waals surface area contributed by atoms with Crippen molar-refractivity contribution < 1.29 is 13.2 Å². The number of hydrogen-bond donors (Lipinski definition) is 1.